The number of hydrogen-bond acceptors (Lipinski definition) is 2. The Morgan fingerprint density at radius 2 is 0.806 bits per heavy atom. The minimum absolute atomic E-state index is 1.11. The van der Waals surface area contributed by atoms with Crippen LogP contribution in [0.2, 0.25) is 0 Å². The fourth-order valence-corrected chi connectivity index (χ4v) is 10.2. The van der Waals surface area contributed by atoms with E-state index in [1.165, 1.54) is 62.6 Å². The van der Waals surface area contributed by atoms with Crippen LogP contribution in [0.4, 0.5) is 0 Å². The minimum atomic E-state index is 1.11. The molecule has 0 aliphatic rings. The van der Waals surface area contributed by atoms with Crippen LogP contribution in [0, 0.1) is 0 Å². The van der Waals surface area contributed by atoms with Gasteiger partial charge in [-0.25, -0.2) is 0 Å². The summed E-state index contributed by atoms with van der Waals surface area (Å²) in [5.74, 6) is 0. The zero-order valence-electron chi connectivity index (χ0n) is 18.4. The number of benzene rings is 5. The number of rotatable bonds is 2. The maximum Gasteiger partial charge on any atom is 0.0509 e. The maximum absolute atomic E-state index is 3.96. The number of halogens is 4. The highest BCUT2D eigenvalue weighted by atomic mass is 79.9. The van der Waals surface area contributed by atoms with Gasteiger partial charge in [-0.1, -0.05) is 80.4 Å². The molecule has 0 aliphatic carbocycles. The first-order valence-corrected chi connectivity index (χ1v) is 16.0. The molecule has 0 spiro atoms. The van der Waals surface area contributed by atoms with Crippen molar-refractivity contribution in [3.05, 3.63) is 103 Å². The summed E-state index contributed by atoms with van der Waals surface area (Å²) in [5, 5.41) is 7.47. The summed E-state index contributed by atoms with van der Waals surface area (Å²) in [5.41, 5.74) is 2.43. The van der Waals surface area contributed by atoms with Gasteiger partial charge in [0.25, 0.3) is 0 Å². The molecule has 7 rings (SSSR count). The van der Waals surface area contributed by atoms with Crippen LogP contribution in [0.5, 0.6) is 0 Å². The predicted octanol–water partition coefficient (Wildman–Crippen LogP) is 12.8. The Hall–Kier alpha value is -1.54. The summed E-state index contributed by atoms with van der Waals surface area (Å²) < 4.78 is 7.07. The van der Waals surface area contributed by atoms with Gasteiger partial charge in [0.15, 0.2) is 0 Å². The lowest BCUT2D eigenvalue weighted by molar-refractivity contribution is 1.68. The van der Waals surface area contributed by atoms with Crippen molar-refractivity contribution in [2.24, 2.45) is 0 Å². The fraction of sp³-hybridized carbons (Fsp3) is 0. The maximum atomic E-state index is 3.96. The molecule has 0 saturated heterocycles. The van der Waals surface area contributed by atoms with Gasteiger partial charge in [-0.2, -0.15) is 0 Å². The summed E-state index contributed by atoms with van der Waals surface area (Å²) in [6.45, 7) is 0. The van der Waals surface area contributed by atoms with Gasteiger partial charge in [0.1, 0.15) is 0 Å². The van der Waals surface area contributed by atoms with E-state index in [0.717, 1.165) is 17.9 Å². The number of hydrogen-bond donors (Lipinski definition) is 0. The molecule has 0 aliphatic heterocycles. The van der Waals surface area contributed by atoms with E-state index in [1.807, 2.05) is 22.7 Å². The Bertz CT molecular complexity index is 1850. The van der Waals surface area contributed by atoms with Crippen molar-refractivity contribution in [2.75, 3.05) is 0 Å². The molecule has 0 unspecified atom stereocenters. The molecule has 174 valence electrons. The Labute approximate surface area is 249 Å². The lowest BCUT2D eigenvalue weighted by Gasteiger charge is -2.06. The van der Waals surface area contributed by atoms with Crippen LogP contribution in [0.1, 0.15) is 0 Å². The van der Waals surface area contributed by atoms with E-state index in [2.05, 4.69) is 149 Å². The van der Waals surface area contributed by atoms with E-state index in [9.17, 15) is 0 Å². The van der Waals surface area contributed by atoms with Gasteiger partial charge in [0.2, 0.25) is 0 Å². The SMILES string of the molecule is Brc1cc2ccccc2cc1-c1sc2cc3c(Br)c(-c4cc5ccccc5cc4Br)sc3cc2c1Br. The lowest BCUT2D eigenvalue weighted by Crippen LogP contribution is -1.79. The molecule has 0 bridgehead atoms. The predicted molar refractivity (Wildman–Crippen MR) is 174 cm³/mol. The summed E-state index contributed by atoms with van der Waals surface area (Å²) >= 11 is 19.2. The van der Waals surface area contributed by atoms with Crippen molar-refractivity contribution in [2.45, 2.75) is 0 Å². The van der Waals surface area contributed by atoms with Crippen LogP contribution < -0.4 is 0 Å². The van der Waals surface area contributed by atoms with Gasteiger partial charge in [-0.05, 0) is 89.8 Å². The third kappa shape index (κ3) is 3.76. The highest BCUT2D eigenvalue weighted by Crippen LogP contribution is 2.51. The first-order chi connectivity index (χ1) is 17.5. The smallest absolute Gasteiger partial charge is 0.0509 e. The van der Waals surface area contributed by atoms with Crippen LogP contribution in [0.25, 0.3) is 62.6 Å². The van der Waals surface area contributed by atoms with Crippen molar-refractivity contribution < 1.29 is 0 Å². The highest BCUT2D eigenvalue weighted by molar-refractivity contribution is 9.11. The van der Waals surface area contributed by atoms with E-state index >= 15 is 0 Å². The fourth-order valence-electron chi connectivity index (χ4n) is 4.75. The average Bonchev–Trinajstić information content (AvgIpc) is 3.37. The molecule has 5 aromatic carbocycles. The Balaban J connectivity index is 1.41. The van der Waals surface area contributed by atoms with Crippen molar-refractivity contribution in [3.63, 3.8) is 0 Å². The van der Waals surface area contributed by atoms with E-state index in [1.54, 1.807) is 0 Å². The standard InChI is InChI=1S/C30H14Br4S2/c31-23-11-17-7-3-1-5-15(17)9-19(23)29-27(33)21-13-26-22(14-25(21)35-29)28(34)30(36-26)20-10-16-6-2-4-8-18(16)12-24(20)32/h1-14H. The molecule has 2 aromatic heterocycles. The summed E-state index contributed by atoms with van der Waals surface area (Å²) in [7, 11) is 0. The molecule has 2 heterocycles. The molecule has 0 radical (unpaired) electrons. The van der Waals surface area contributed by atoms with Gasteiger partial charge in [0.05, 0.1) is 9.75 Å². The van der Waals surface area contributed by atoms with E-state index in [-0.39, 0.29) is 0 Å². The van der Waals surface area contributed by atoms with Crippen molar-refractivity contribution >= 4 is 128 Å². The molecule has 0 atom stereocenters. The lowest BCUT2D eigenvalue weighted by atomic mass is 10.1. The van der Waals surface area contributed by atoms with E-state index in [0.29, 0.717) is 0 Å². The van der Waals surface area contributed by atoms with Gasteiger partial charge >= 0.3 is 0 Å². The molecule has 36 heavy (non-hydrogen) atoms. The zero-order valence-corrected chi connectivity index (χ0v) is 26.4. The molecule has 6 heteroatoms. The quantitative estimate of drug-likeness (QED) is 0.165. The Morgan fingerprint density at radius 3 is 1.19 bits per heavy atom. The first kappa shape index (κ1) is 23.6. The van der Waals surface area contributed by atoms with Crippen LogP contribution in [-0.2, 0) is 0 Å². The van der Waals surface area contributed by atoms with Gasteiger partial charge in [-0.15, -0.1) is 22.7 Å². The van der Waals surface area contributed by atoms with Gasteiger partial charge < -0.3 is 0 Å². The first-order valence-electron chi connectivity index (χ1n) is 11.2. The average molecular weight is 758 g/mol. The topological polar surface area (TPSA) is 0 Å². The van der Waals surface area contributed by atoms with E-state index in [4.69, 9.17) is 0 Å². The van der Waals surface area contributed by atoms with Crippen LogP contribution in [-0.4, -0.2) is 0 Å². The molecule has 0 saturated carbocycles. The third-order valence-corrected chi connectivity index (χ3v) is 12.4. The van der Waals surface area contributed by atoms with E-state index < -0.39 is 0 Å². The summed E-state index contributed by atoms with van der Waals surface area (Å²) in [4.78, 5) is 2.49. The number of fused-ring (bicyclic) bond motifs is 4. The molecule has 0 amide bonds. The molecule has 0 N–H and O–H groups in total. The normalized spacial score (nSPS) is 11.9. The molecule has 0 nitrogen and oxygen atoms in total. The van der Waals surface area contributed by atoms with Crippen molar-refractivity contribution in [1.82, 2.24) is 0 Å². The second-order valence-electron chi connectivity index (χ2n) is 8.69. The Morgan fingerprint density at radius 1 is 0.444 bits per heavy atom. The molecular weight excluding hydrogens is 744 g/mol. The Kier molecular flexibility index (Phi) is 5.92. The second kappa shape index (κ2) is 9.04. The van der Waals surface area contributed by atoms with Gasteiger partial charge in [0, 0.05) is 49.2 Å². The largest absolute Gasteiger partial charge is 0.134 e. The number of thiophene rings is 2. The van der Waals surface area contributed by atoms with Crippen LogP contribution in [0.15, 0.2) is 103 Å². The highest BCUT2D eigenvalue weighted by Gasteiger charge is 2.20. The van der Waals surface area contributed by atoms with Crippen LogP contribution >= 0.6 is 86.4 Å². The molecular formula is C30H14Br4S2. The zero-order chi connectivity index (χ0) is 24.6. The summed E-state index contributed by atoms with van der Waals surface area (Å²) in [6.07, 6.45) is 0. The minimum Gasteiger partial charge on any atom is -0.134 e. The molecule has 0 fully saturated rings. The van der Waals surface area contributed by atoms with Crippen molar-refractivity contribution in [3.8, 4) is 20.9 Å². The van der Waals surface area contributed by atoms with Crippen molar-refractivity contribution in [1.29, 1.82) is 0 Å². The third-order valence-electron chi connectivity index (χ3n) is 6.54. The molecule has 7 aromatic rings. The van der Waals surface area contributed by atoms with Crippen LogP contribution in [0.3, 0.4) is 0 Å². The monoisotopic (exact) mass is 754 g/mol. The summed E-state index contributed by atoms with van der Waals surface area (Å²) in [6, 6.07) is 30.7. The second-order valence-corrected chi connectivity index (χ2v) is 14.1. The van der Waals surface area contributed by atoms with Gasteiger partial charge in [-0.3, -0.25) is 0 Å².